The monoisotopic (exact) mass is 274 g/mol. The quantitative estimate of drug-likeness (QED) is 0.648. The first-order valence-electron chi connectivity index (χ1n) is 7.49. The first kappa shape index (κ1) is 16.5. The van der Waals surface area contributed by atoms with Gasteiger partial charge in [0.25, 0.3) is 0 Å². The van der Waals surface area contributed by atoms with Crippen molar-refractivity contribution in [2.24, 2.45) is 0 Å². The van der Waals surface area contributed by atoms with Gasteiger partial charge in [0.1, 0.15) is 18.9 Å². The van der Waals surface area contributed by atoms with E-state index in [0.717, 1.165) is 32.0 Å². The van der Waals surface area contributed by atoms with Crippen LogP contribution in [0, 0.1) is 0 Å². The Morgan fingerprint density at radius 3 is 2.25 bits per heavy atom. The van der Waals surface area contributed by atoms with E-state index in [1.54, 1.807) is 0 Å². The van der Waals surface area contributed by atoms with E-state index in [1.165, 1.54) is 16.9 Å². The second-order valence-corrected chi connectivity index (χ2v) is 5.21. The van der Waals surface area contributed by atoms with Gasteiger partial charge >= 0.3 is 0 Å². The average molecular weight is 274 g/mol. The standard InChI is InChI=1S/C18H27NO/c1-5-12-19(13-6-2)14-15-20-18-10-8-17(9-11-18)16(4)7-3/h5-6,8-11,16H,1-2,7,12-15H2,3-4H3/p+1/t16-/m1/s1. The fraction of sp³-hybridized carbons (Fsp3) is 0.444. The number of rotatable bonds is 10. The maximum absolute atomic E-state index is 5.81. The number of quaternary nitrogens is 1. The van der Waals surface area contributed by atoms with E-state index in [1.807, 2.05) is 12.2 Å². The van der Waals surface area contributed by atoms with Crippen molar-refractivity contribution in [2.45, 2.75) is 26.2 Å². The molecule has 0 fully saturated rings. The topological polar surface area (TPSA) is 13.7 Å². The van der Waals surface area contributed by atoms with Crippen LogP contribution in [0.1, 0.15) is 31.7 Å². The zero-order valence-corrected chi connectivity index (χ0v) is 12.9. The lowest BCUT2D eigenvalue weighted by Crippen LogP contribution is -3.12. The van der Waals surface area contributed by atoms with E-state index >= 15 is 0 Å². The van der Waals surface area contributed by atoms with Crippen LogP contribution in [0.2, 0.25) is 0 Å². The maximum atomic E-state index is 5.81. The Hall–Kier alpha value is -1.54. The van der Waals surface area contributed by atoms with Crippen molar-refractivity contribution >= 4 is 0 Å². The van der Waals surface area contributed by atoms with Crippen LogP contribution in [0.15, 0.2) is 49.6 Å². The summed E-state index contributed by atoms with van der Waals surface area (Å²) in [6.07, 6.45) is 5.06. The number of benzene rings is 1. The minimum Gasteiger partial charge on any atom is -0.488 e. The molecule has 1 atom stereocenters. The van der Waals surface area contributed by atoms with Gasteiger partial charge < -0.3 is 9.64 Å². The van der Waals surface area contributed by atoms with Gasteiger partial charge in [0, 0.05) is 0 Å². The highest BCUT2D eigenvalue weighted by Gasteiger charge is 2.05. The lowest BCUT2D eigenvalue weighted by atomic mass is 9.99. The Kier molecular flexibility index (Phi) is 7.74. The molecule has 1 aromatic rings. The van der Waals surface area contributed by atoms with Crippen molar-refractivity contribution in [1.82, 2.24) is 0 Å². The van der Waals surface area contributed by atoms with E-state index in [9.17, 15) is 0 Å². The van der Waals surface area contributed by atoms with Crippen LogP contribution in [0.3, 0.4) is 0 Å². The molecule has 0 heterocycles. The van der Waals surface area contributed by atoms with E-state index in [2.05, 4.69) is 51.3 Å². The molecule has 2 nitrogen and oxygen atoms in total. The van der Waals surface area contributed by atoms with Crippen molar-refractivity contribution in [3.63, 3.8) is 0 Å². The molecule has 0 amide bonds. The summed E-state index contributed by atoms with van der Waals surface area (Å²) < 4.78 is 5.81. The molecule has 0 spiro atoms. The maximum Gasteiger partial charge on any atom is 0.137 e. The van der Waals surface area contributed by atoms with Crippen molar-refractivity contribution < 1.29 is 9.64 Å². The number of hydrogen-bond donors (Lipinski definition) is 1. The van der Waals surface area contributed by atoms with Crippen LogP contribution in [0.4, 0.5) is 0 Å². The molecular formula is C18H28NO+. The average Bonchev–Trinajstić information content (AvgIpc) is 2.47. The molecule has 0 unspecified atom stereocenters. The second-order valence-electron chi connectivity index (χ2n) is 5.21. The van der Waals surface area contributed by atoms with Gasteiger partial charge in [-0.05, 0) is 42.2 Å². The van der Waals surface area contributed by atoms with Crippen molar-refractivity contribution in [3.05, 3.63) is 55.1 Å². The SMILES string of the molecule is C=CC[NH+](CC=C)CCOc1ccc([C@H](C)CC)cc1. The van der Waals surface area contributed by atoms with Crippen LogP contribution >= 0.6 is 0 Å². The third kappa shape index (κ3) is 5.62. The molecule has 2 heteroatoms. The van der Waals surface area contributed by atoms with E-state index < -0.39 is 0 Å². The van der Waals surface area contributed by atoms with Crippen molar-refractivity contribution in [1.29, 1.82) is 0 Å². The Balaban J connectivity index is 2.41. The molecule has 1 rings (SSSR count). The molecule has 0 saturated carbocycles. The smallest absolute Gasteiger partial charge is 0.137 e. The molecule has 1 N–H and O–H groups in total. The summed E-state index contributed by atoms with van der Waals surface area (Å²) in [7, 11) is 0. The number of hydrogen-bond acceptors (Lipinski definition) is 1. The van der Waals surface area contributed by atoms with E-state index in [-0.39, 0.29) is 0 Å². The van der Waals surface area contributed by atoms with Gasteiger partial charge in [0.2, 0.25) is 0 Å². The van der Waals surface area contributed by atoms with E-state index in [4.69, 9.17) is 4.74 Å². The summed E-state index contributed by atoms with van der Waals surface area (Å²) in [6.45, 7) is 15.6. The highest BCUT2D eigenvalue weighted by Crippen LogP contribution is 2.21. The minimum absolute atomic E-state index is 0.615. The molecule has 20 heavy (non-hydrogen) atoms. The molecule has 0 bridgehead atoms. The Labute approximate surface area is 123 Å². The van der Waals surface area contributed by atoms with Gasteiger partial charge in [-0.1, -0.05) is 39.1 Å². The molecule has 1 aromatic carbocycles. The van der Waals surface area contributed by atoms with Gasteiger partial charge in [-0.2, -0.15) is 0 Å². The zero-order valence-electron chi connectivity index (χ0n) is 12.9. The molecule has 0 aliphatic carbocycles. The number of ether oxygens (including phenoxy) is 1. The van der Waals surface area contributed by atoms with Crippen LogP contribution < -0.4 is 9.64 Å². The predicted octanol–water partition coefficient (Wildman–Crippen LogP) is 2.84. The van der Waals surface area contributed by atoms with Crippen LogP contribution in [-0.2, 0) is 0 Å². The molecule has 0 radical (unpaired) electrons. The Morgan fingerprint density at radius 1 is 1.15 bits per heavy atom. The Bertz CT molecular complexity index is 386. The molecule has 0 aliphatic heterocycles. The fourth-order valence-electron chi connectivity index (χ4n) is 2.14. The highest BCUT2D eigenvalue weighted by molar-refractivity contribution is 5.29. The third-order valence-corrected chi connectivity index (χ3v) is 3.65. The summed E-state index contributed by atoms with van der Waals surface area (Å²) in [5.41, 5.74) is 1.38. The molecule has 110 valence electrons. The molecule has 0 aliphatic rings. The summed E-state index contributed by atoms with van der Waals surface area (Å²) in [5.74, 6) is 1.57. The van der Waals surface area contributed by atoms with Gasteiger partial charge in [-0.25, -0.2) is 0 Å². The lowest BCUT2D eigenvalue weighted by molar-refractivity contribution is -0.888. The third-order valence-electron chi connectivity index (χ3n) is 3.65. The molecular weight excluding hydrogens is 246 g/mol. The lowest BCUT2D eigenvalue weighted by Gasteiger charge is -2.16. The van der Waals surface area contributed by atoms with Crippen molar-refractivity contribution in [3.8, 4) is 5.75 Å². The van der Waals surface area contributed by atoms with Crippen LogP contribution in [-0.4, -0.2) is 26.2 Å². The molecule has 0 saturated heterocycles. The highest BCUT2D eigenvalue weighted by atomic mass is 16.5. The minimum atomic E-state index is 0.615. The summed E-state index contributed by atoms with van der Waals surface area (Å²) in [6, 6.07) is 8.48. The summed E-state index contributed by atoms with van der Waals surface area (Å²) in [4.78, 5) is 1.42. The normalized spacial score (nSPS) is 12.2. The van der Waals surface area contributed by atoms with Gasteiger partial charge in [-0.15, -0.1) is 0 Å². The van der Waals surface area contributed by atoms with Crippen LogP contribution in [0.25, 0.3) is 0 Å². The van der Waals surface area contributed by atoms with Gasteiger partial charge in [0.15, 0.2) is 0 Å². The first-order valence-corrected chi connectivity index (χ1v) is 7.49. The Morgan fingerprint density at radius 2 is 1.75 bits per heavy atom. The largest absolute Gasteiger partial charge is 0.488 e. The van der Waals surface area contributed by atoms with E-state index in [0.29, 0.717) is 5.92 Å². The second kappa shape index (κ2) is 9.38. The molecule has 0 aromatic heterocycles. The number of nitrogens with one attached hydrogen (secondary N) is 1. The van der Waals surface area contributed by atoms with Gasteiger partial charge in [-0.3, -0.25) is 0 Å². The van der Waals surface area contributed by atoms with Crippen molar-refractivity contribution in [2.75, 3.05) is 26.2 Å². The van der Waals surface area contributed by atoms with Crippen LogP contribution in [0.5, 0.6) is 5.75 Å². The predicted molar refractivity (Wildman–Crippen MR) is 86.6 cm³/mol. The van der Waals surface area contributed by atoms with Gasteiger partial charge in [0.05, 0.1) is 13.1 Å². The fourth-order valence-corrected chi connectivity index (χ4v) is 2.14. The summed E-state index contributed by atoms with van der Waals surface area (Å²) >= 11 is 0. The first-order chi connectivity index (χ1) is 9.71. The summed E-state index contributed by atoms with van der Waals surface area (Å²) in [5, 5.41) is 0. The zero-order chi connectivity index (χ0) is 14.8.